The second-order valence-electron chi connectivity index (χ2n) is 23.8. The molecule has 0 radical (unpaired) electrons. The van der Waals surface area contributed by atoms with Gasteiger partial charge < -0.3 is 18.9 Å². The molecule has 6 rings (SSSR count). The topological polar surface area (TPSA) is 95.1 Å². The molecule has 0 heterocycles. The van der Waals surface area contributed by atoms with E-state index in [9.17, 15) is 9.59 Å². The molecule has 0 spiro atoms. The number of carbonyl (C=O) groups excluding carboxylic acids is 2. The molecule has 8 heteroatoms. The SMILES string of the molecule is CCCCCCCCCCOc1ccc(-c2ccc(-c3ccc(OCCCCCCCCCC)cc3)c(C(=O)NNC(=O)c3cc(-c4ccc(OCCCCCCCCCC)cc4)ccc3-c3ccc(OCCCCCCCCCC)cc3)c2)cc1. The summed E-state index contributed by atoms with van der Waals surface area (Å²) in [4.78, 5) is 29.5. The minimum atomic E-state index is -0.436. The van der Waals surface area contributed by atoms with Crippen molar-refractivity contribution in [3.63, 3.8) is 0 Å². The Kier molecular flexibility index (Phi) is 33.7. The van der Waals surface area contributed by atoms with Crippen LogP contribution in [0.2, 0.25) is 0 Å². The van der Waals surface area contributed by atoms with E-state index in [1.54, 1.807) is 0 Å². The van der Waals surface area contributed by atoms with Crippen LogP contribution in [0.15, 0.2) is 133 Å². The van der Waals surface area contributed by atoms with Gasteiger partial charge in [0, 0.05) is 11.1 Å². The van der Waals surface area contributed by atoms with Crippen LogP contribution in [0.5, 0.6) is 23.0 Å². The van der Waals surface area contributed by atoms with Crippen molar-refractivity contribution < 1.29 is 28.5 Å². The highest BCUT2D eigenvalue weighted by Crippen LogP contribution is 2.34. The Morgan fingerprint density at radius 3 is 0.709 bits per heavy atom. The summed E-state index contributed by atoms with van der Waals surface area (Å²) in [5.41, 5.74) is 13.4. The fourth-order valence-electron chi connectivity index (χ4n) is 11.2. The molecule has 0 bridgehead atoms. The molecule has 0 aromatic heterocycles. The number of ether oxygens (including phenoxy) is 4. The van der Waals surface area contributed by atoms with Crippen LogP contribution < -0.4 is 29.8 Å². The minimum Gasteiger partial charge on any atom is -0.494 e. The molecule has 0 saturated carbocycles. The number of hydrogen-bond donors (Lipinski definition) is 2. The highest BCUT2D eigenvalue weighted by Gasteiger charge is 2.20. The quantitative estimate of drug-likeness (QED) is 0.0292. The maximum atomic E-state index is 14.7. The number of rotatable bonds is 46. The van der Waals surface area contributed by atoms with Gasteiger partial charge in [-0.1, -0.05) is 280 Å². The minimum absolute atomic E-state index is 0.423. The third-order valence-corrected chi connectivity index (χ3v) is 16.6. The predicted octanol–water partition coefficient (Wildman–Crippen LogP) is 22.5. The molecule has 8 nitrogen and oxygen atoms in total. The molecule has 6 aromatic carbocycles. The molecule has 2 N–H and O–H groups in total. The van der Waals surface area contributed by atoms with Gasteiger partial charge in [0.15, 0.2) is 0 Å². The zero-order valence-corrected chi connectivity index (χ0v) is 53.6. The first-order valence-corrected chi connectivity index (χ1v) is 34.2. The van der Waals surface area contributed by atoms with Gasteiger partial charge in [-0.15, -0.1) is 0 Å². The lowest BCUT2D eigenvalue weighted by Gasteiger charge is -2.16. The smallest absolute Gasteiger partial charge is 0.270 e. The van der Waals surface area contributed by atoms with Gasteiger partial charge in [-0.2, -0.15) is 0 Å². The lowest BCUT2D eigenvalue weighted by molar-refractivity contribution is 0.0847. The third kappa shape index (κ3) is 25.8. The molecule has 0 aliphatic heterocycles. The Balaban J connectivity index is 1.17. The number of carbonyl (C=O) groups is 2. The molecule has 0 unspecified atom stereocenters. The number of nitrogens with one attached hydrogen (secondary N) is 2. The average Bonchev–Trinajstić information content (AvgIpc) is 1.83. The fraction of sp³-hybridized carbons (Fsp3) is 0.513. The van der Waals surface area contributed by atoms with Gasteiger partial charge in [-0.05, 0) is 131 Å². The van der Waals surface area contributed by atoms with Crippen LogP contribution in [0.4, 0.5) is 0 Å². The summed E-state index contributed by atoms with van der Waals surface area (Å²) in [7, 11) is 0. The predicted molar refractivity (Wildman–Crippen MR) is 362 cm³/mol. The molecular formula is C78H108N2O6. The maximum absolute atomic E-state index is 14.7. The van der Waals surface area contributed by atoms with Crippen LogP contribution in [-0.2, 0) is 0 Å². The molecule has 2 amide bonds. The number of hydrogen-bond acceptors (Lipinski definition) is 6. The van der Waals surface area contributed by atoms with Gasteiger partial charge in [0.1, 0.15) is 23.0 Å². The van der Waals surface area contributed by atoms with E-state index in [0.717, 1.165) is 93.2 Å². The molecule has 0 aliphatic rings. The largest absolute Gasteiger partial charge is 0.494 e. The number of amides is 2. The van der Waals surface area contributed by atoms with Crippen LogP contribution in [0, 0.1) is 0 Å². The molecule has 6 aromatic rings. The van der Waals surface area contributed by atoms with Crippen molar-refractivity contribution in [2.75, 3.05) is 26.4 Å². The molecule has 0 saturated heterocycles. The lowest BCUT2D eigenvalue weighted by atomic mass is 9.94. The van der Waals surface area contributed by atoms with E-state index in [2.05, 4.69) is 38.5 Å². The van der Waals surface area contributed by atoms with Crippen LogP contribution in [0.25, 0.3) is 44.5 Å². The van der Waals surface area contributed by atoms with Gasteiger partial charge in [-0.3, -0.25) is 20.4 Å². The Labute approximate surface area is 520 Å². The summed E-state index contributed by atoms with van der Waals surface area (Å²) in [5, 5.41) is 0. The zero-order chi connectivity index (χ0) is 60.5. The Bertz CT molecular complexity index is 2560. The normalized spacial score (nSPS) is 11.2. The second kappa shape index (κ2) is 42.3. The van der Waals surface area contributed by atoms with E-state index in [1.807, 2.05) is 133 Å². The van der Waals surface area contributed by atoms with E-state index in [0.29, 0.717) is 37.6 Å². The Morgan fingerprint density at radius 1 is 0.256 bits per heavy atom. The monoisotopic (exact) mass is 1170 g/mol. The standard InChI is InChI=1S/C78H108N2O6/c1-5-9-13-17-21-25-29-33-57-83-69-47-37-63(38-48-69)67-45-55-73(65-41-51-71(52-42-65)85-59-35-31-27-23-19-15-11-7-3)75(61-67)77(81)79-80-78(82)76-62-68(64-39-49-70(50-40-64)84-58-34-30-26-22-18-14-10-6-2)46-56-74(76)66-43-53-72(54-44-66)86-60-36-32-28-24-20-16-12-8-4/h37-56,61-62H,5-36,57-60H2,1-4H3,(H,79,81)(H,80,82). The van der Waals surface area contributed by atoms with Gasteiger partial charge in [0.05, 0.1) is 26.4 Å². The third-order valence-electron chi connectivity index (χ3n) is 16.6. The van der Waals surface area contributed by atoms with Crippen molar-refractivity contribution in [1.29, 1.82) is 0 Å². The first kappa shape index (κ1) is 68.6. The summed E-state index contributed by atoms with van der Waals surface area (Å²) >= 11 is 0. The summed E-state index contributed by atoms with van der Waals surface area (Å²) in [6.07, 6.45) is 40.0. The van der Waals surface area contributed by atoms with E-state index in [4.69, 9.17) is 18.9 Å². The van der Waals surface area contributed by atoms with Crippen LogP contribution in [-0.4, -0.2) is 38.2 Å². The first-order valence-electron chi connectivity index (χ1n) is 34.2. The first-order chi connectivity index (χ1) is 42.4. The highest BCUT2D eigenvalue weighted by molar-refractivity contribution is 6.06. The van der Waals surface area contributed by atoms with Crippen LogP contribution >= 0.6 is 0 Å². The number of unbranched alkanes of at least 4 members (excludes halogenated alkanes) is 28. The Hall–Kier alpha value is -6.54. The maximum Gasteiger partial charge on any atom is 0.270 e. The van der Waals surface area contributed by atoms with Crippen molar-refractivity contribution in [2.24, 2.45) is 0 Å². The van der Waals surface area contributed by atoms with Gasteiger partial charge in [-0.25, -0.2) is 0 Å². The van der Waals surface area contributed by atoms with Crippen molar-refractivity contribution >= 4 is 11.8 Å². The lowest BCUT2D eigenvalue weighted by Crippen LogP contribution is -2.42. The van der Waals surface area contributed by atoms with E-state index in [1.165, 1.54) is 180 Å². The zero-order valence-electron chi connectivity index (χ0n) is 53.6. The number of hydrazine groups is 1. The van der Waals surface area contributed by atoms with E-state index >= 15 is 0 Å². The summed E-state index contributed by atoms with van der Waals surface area (Å²) in [6.45, 7) is 11.8. The van der Waals surface area contributed by atoms with Gasteiger partial charge in [0.2, 0.25) is 0 Å². The number of benzene rings is 6. The van der Waals surface area contributed by atoms with Crippen LogP contribution in [0.1, 0.15) is 254 Å². The summed E-state index contributed by atoms with van der Waals surface area (Å²) in [5.74, 6) is 2.39. The summed E-state index contributed by atoms with van der Waals surface area (Å²) < 4.78 is 24.7. The highest BCUT2D eigenvalue weighted by atomic mass is 16.5. The molecule has 466 valence electrons. The molecule has 0 atom stereocenters. The molecule has 0 aliphatic carbocycles. The summed E-state index contributed by atoms with van der Waals surface area (Å²) in [6, 6.07) is 44.0. The molecule has 86 heavy (non-hydrogen) atoms. The van der Waals surface area contributed by atoms with Crippen LogP contribution in [0.3, 0.4) is 0 Å². The Morgan fingerprint density at radius 2 is 0.465 bits per heavy atom. The average molecular weight is 1170 g/mol. The van der Waals surface area contributed by atoms with E-state index in [-0.39, 0.29) is 0 Å². The van der Waals surface area contributed by atoms with Gasteiger partial charge >= 0.3 is 0 Å². The fourth-order valence-corrected chi connectivity index (χ4v) is 11.2. The van der Waals surface area contributed by atoms with Crippen molar-refractivity contribution in [1.82, 2.24) is 10.9 Å². The van der Waals surface area contributed by atoms with Crippen molar-refractivity contribution in [3.8, 4) is 67.5 Å². The molecule has 0 fully saturated rings. The van der Waals surface area contributed by atoms with E-state index < -0.39 is 11.8 Å². The van der Waals surface area contributed by atoms with Gasteiger partial charge in [0.25, 0.3) is 11.8 Å². The molecular weight excluding hydrogens is 1060 g/mol. The van der Waals surface area contributed by atoms with Crippen molar-refractivity contribution in [2.45, 2.75) is 233 Å². The second-order valence-corrected chi connectivity index (χ2v) is 23.8. The van der Waals surface area contributed by atoms with Crippen molar-refractivity contribution in [3.05, 3.63) is 145 Å².